The number of likely N-dealkylation sites (tertiary alicyclic amines) is 1. The molecule has 1 aliphatic heterocycles. The van der Waals surface area contributed by atoms with E-state index in [1.807, 2.05) is 19.1 Å². The Hall–Kier alpha value is -2.04. The average molecular weight is 341 g/mol. The van der Waals surface area contributed by atoms with Crippen LogP contribution in [0, 0.1) is 0 Å². The van der Waals surface area contributed by atoms with E-state index < -0.39 is 0 Å². The van der Waals surface area contributed by atoms with Crippen LogP contribution in [0.5, 0.6) is 11.5 Å². The Morgan fingerprint density at radius 1 is 1.12 bits per heavy atom. The Kier molecular flexibility index (Phi) is 5.95. The minimum Gasteiger partial charge on any atom is -0.508 e. The SMILES string of the molecule is COC(C)Oc1ccc(C2CCN(Cc3ccccc3)CC2)c(O)c1. The number of ether oxygens (including phenoxy) is 2. The van der Waals surface area contributed by atoms with Gasteiger partial charge >= 0.3 is 0 Å². The Morgan fingerprint density at radius 3 is 2.48 bits per heavy atom. The van der Waals surface area contributed by atoms with E-state index in [9.17, 15) is 5.11 Å². The summed E-state index contributed by atoms with van der Waals surface area (Å²) in [6.45, 7) is 4.94. The van der Waals surface area contributed by atoms with Crippen molar-refractivity contribution in [2.45, 2.75) is 38.5 Å². The van der Waals surface area contributed by atoms with Crippen LogP contribution >= 0.6 is 0 Å². The molecule has 0 bridgehead atoms. The van der Waals surface area contributed by atoms with Crippen LogP contribution < -0.4 is 4.74 Å². The lowest BCUT2D eigenvalue weighted by atomic mass is 9.88. The van der Waals surface area contributed by atoms with Crippen molar-refractivity contribution in [1.82, 2.24) is 4.90 Å². The molecule has 4 nitrogen and oxygen atoms in total. The molecule has 1 aliphatic rings. The highest BCUT2D eigenvalue weighted by molar-refractivity contribution is 5.42. The second-order valence-corrected chi connectivity index (χ2v) is 6.68. The van der Waals surface area contributed by atoms with Crippen LogP contribution in [0.1, 0.15) is 36.8 Å². The van der Waals surface area contributed by atoms with Crippen LogP contribution in [0.25, 0.3) is 0 Å². The minimum atomic E-state index is -0.327. The number of nitrogens with zero attached hydrogens (tertiary/aromatic N) is 1. The van der Waals surface area contributed by atoms with Crippen molar-refractivity contribution in [1.29, 1.82) is 0 Å². The van der Waals surface area contributed by atoms with Gasteiger partial charge in [0.05, 0.1) is 0 Å². The zero-order valence-electron chi connectivity index (χ0n) is 15.0. The largest absolute Gasteiger partial charge is 0.508 e. The zero-order valence-corrected chi connectivity index (χ0v) is 15.0. The van der Waals surface area contributed by atoms with E-state index in [0.717, 1.165) is 38.0 Å². The summed E-state index contributed by atoms with van der Waals surface area (Å²) in [5, 5.41) is 10.4. The first-order chi connectivity index (χ1) is 12.2. The second-order valence-electron chi connectivity index (χ2n) is 6.68. The normalized spacial score (nSPS) is 17.4. The first kappa shape index (κ1) is 17.8. The van der Waals surface area contributed by atoms with Crippen molar-refractivity contribution in [2.75, 3.05) is 20.2 Å². The highest BCUT2D eigenvalue weighted by Crippen LogP contribution is 2.36. The molecule has 1 unspecified atom stereocenters. The minimum absolute atomic E-state index is 0.322. The Labute approximate surface area is 150 Å². The van der Waals surface area contributed by atoms with Crippen molar-refractivity contribution < 1.29 is 14.6 Å². The van der Waals surface area contributed by atoms with Crippen LogP contribution in [0.3, 0.4) is 0 Å². The maximum absolute atomic E-state index is 10.4. The van der Waals surface area contributed by atoms with Crippen molar-refractivity contribution >= 4 is 0 Å². The van der Waals surface area contributed by atoms with Crippen LogP contribution in [0.2, 0.25) is 0 Å². The van der Waals surface area contributed by atoms with E-state index in [1.165, 1.54) is 5.56 Å². The van der Waals surface area contributed by atoms with E-state index >= 15 is 0 Å². The molecular weight excluding hydrogens is 314 g/mol. The van der Waals surface area contributed by atoms with E-state index in [-0.39, 0.29) is 6.29 Å². The topological polar surface area (TPSA) is 41.9 Å². The maximum Gasteiger partial charge on any atom is 0.196 e. The summed E-state index contributed by atoms with van der Waals surface area (Å²) < 4.78 is 10.7. The fourth-order valence-electron chi connectivity index (χ4n) is 3.43. The number of rotatable bonds is 6. The average Bonchev–Trinajstić information content (AvgIpc) is 2.63. The predicted molar refractivity (Wildman–Crippen MR) is 98.9 cm³/mol. The van der Waals surface area contributed by atoms with Gasteiger partial charge in [-0.15, -0.1) is 0 Å². The van der Waals surface area contributed by atoms with Gasteiger partial charge in [-0.25, -0.2) is 0 Å². The molecule has 25 heavy (non-hydrogen) atoms. The summed E-state index contributed by atoms with van der Waals surface area (Å²) >= 11 is 0. The highest BCUT2D eigenvalue weighted by atomic mass is 16.7. The van der Waals surface area contributed by atoms with E-state index in [1.54, 1.807) is 13.2 Å². The number of aromatic hydroxyl groups is 1. The Bertz CT molecular complexity index is 666. The molecule has 3 rings (SSSR count). The fraction of sp³-hybridized carbons (Fsp3) is 0.429. The molecule has 1 atom stereocenters. The third-order valence-electron chi connectivity index (χ3n) is 4.91. The Morgan fingerprint density at radius 2 is 1.84 bits per heavy atom. The molecule has 0 saturated carbocycles. The molecule has 0 aromatic heterocycles. The van der Waals surface area contributed by atoms with Gasteiger partial charge < -0.3 is 14.6 Å². The Balaban J connectivity index is 1.57. The summed E-state index contributed by atoms with van der Waals surface area (Å²) in [4.78, 5) is 2.49. The molecule has 1 heterocycles. The van der Waals surface area contributed by atoms with Crippen LogP contribution in [-0.2, 0) is 11.3 Å². The highest BCUT2D eigenvalue weighted by Gasteiger charge is 2.23. The van der Waals surface area contributed by atoms with Crippen LogP contribution in [-0.4, -0.2) is 36.5 Å². The van der Waals surface area contributed by atoms with Gasteiger partial charge in [0.1, 0.15) is 11.5 Å². The summed E-state index contributed by atoms with van der Waals surface area (Å²) in [5.41, 5.74) is 2.38. The summed E-state index contributed by atoms with van der Waals surface area (Å²) in [5.74, 6) is 1.36. The van der Waals surface area contributed by atoms with Gasteiger partial charge in [0.15, 0.2) is 6.29 Å². The lowest BCUT2D eigenvalue weighted by Gasteiger charge is -2.32. The van der Waals surface area contributed by atoms with Gasteiger partial charge in [-0.2, -0.15) is 0 Å². The molecule has 0 aliphatic carbocycles. The first-order valence-electron chi connectivity index (χ1n) is 8.94. The molecule has 2 aromatic rings. The molecule has 134 valence electrons. The van der Waals surface area contributed by atoms with Crippen LogP contribution in [0.4, 0.5) is 0 Å². The number of phenols is 1. The quantitative estimate of drug-likeness (QED) is 0.802. The molecule has 1 fully saturated rings. The van der Waals surface area contributed by atoms with Crippen molar-refractivity contribution in [3.8, 4) is 11.5 Å². The van der Waals surface area contributed by atoms with Gasteiger partial charge in [0.25, 0.3) is 0 Å². The monoisotopic (exact) mass is 341 g/mol. The van der Waals surface area contributed by atoms with E-state index in [4.69, 9.17) is 9.47 Å². The lowest BCUT2D eigenvalue weighted by Crippen LogP contribution is -2.32. The number of hydrogen-bond acceptors (Lipinski definition) is 4. The number of piperidine rings is 1. The molecule has 1 N–H and O–H groups in total. The predicted octanol–water partition coefficient (Wildman–Crippen LogP) is 4.14. The zero-order chi connectivity index (χ0) is 17.6. The third kappa shape index (κ3) is 4.74. The van der Waals surface area contributed by atoms with Gasteiger partial charge in [-0.3, -0.25) is 4.90 Å². The van der Waals surface area contributed by atoms with E-state index in [0.29, 0.717) is 17.4 Å². The summed E-state index contributed by atoms with van der Waals surface area (Å²) in [7, 11) is 1.60. The smallest absolute Gasteiger partial charge is 0.196 e. The standard InChI is InChI=1S/C21H27NO3/c1-16(24-2)25-19-8-9-20(21(23)14-19)18-10-12-22(13-11-18)15-17-6-4-3-5-7-17/h3-9,14,16,18,23H,10-13,15H2,1-2H3. The third-order valence-corrected chi connectivity index (χ3v) is 4.91. The molecular formula is C21H27NO3. The maximum atomic E-state index is 10.4. The van der Waals surface area contributed by atoms with Gasteiger partial charge in [0, 0.05) is 19.7 Å². The number of hydrogen-bond donors (Lipinski definition) is 1. The van der Waals surface area contributed by atoms with E-state index in [2.05, 4.69) is 35.2 Å². The molecule has 0 amide bonds. The van der Waals surface area contributed by atoms with Gasteiger partial charge in [-0.1, -0.05) is 36.4 Å². The van der Waals surface area contributed by atoms with Crippen molar-refractivity contribution in [3.63, 3.8) is 0 Å². The van der Waals surface area contributed by atoms with Crippen molar-refractivity contribution in [2.24, 2.45) is 0 Å². The summed E-state index contributed by atoms with van der Waals surface area (Å²) in [6, 6.07) is 16.2. The molecule has 0 radical (unpaired) electrons. The van der Waals surface area contributed by atoms with Crippen LogP contribution in [0.15, 0.2) is 48.5 Å². The summed E-state index contributed by atoms with van der Waals surface area (Å²) in [6.07, 6.45) is 1.80. The molecule has 0 spiro atoms. The second kappa shape index (κ2) is 8.37. The number of phenolic OH excluding ortho intramolecular Hbond substituents is 1. The van der Waals surface area contributed by atoms with Gasteiger partial charge in [-0.05, 0) is 56.0 Å². The molecule has 1 saturated heterocycles. The van der Waals surface area contributed by atoms with Crippen molar-refractivity contribution in [3.05, 3.63) is 59.7 Å². The first-order valence-corrected chi connectivity index (χ1v) is 8.94. The molecule has 4 heteroatoms. The number of methoxy groups -OCH3 is 1. The lowest BCUT2D eigenvalue weighted by molar-refractivity contribution is -0.0383. The molecule has 2 aromatic carbocycles. The fourth-order valence-corrected chi connectivity index (χ4v) is 3.43. The number of benzene rings is 2. The van der Waals surface area contributed by atoms with Gasteiger partial charge in [0.2, 0.25) is 0 Å².